The van der Waals surface area contributed by atoms with Crippen molar-refractivity contribution in [2.75, 3.05) is 0 Å². The average molecular weight is 306 g/mol. The number of hydrogen-bond donors (Lipinski definition) is 0. The number of carbonyl (C=O) groups is 2. The fourth-order valence-electron chi connectivity index (χ4n) is 1.81. The van der Waals surface area contributed by atoms with Crippen LogP contribution in [-0.4, -0.2) is 27.1 Å². The van der Waals surface area contributed by atoms with Crippen LogP contribution in [0.3, 0.4) is 0 Å². The highest BCUT2D eigenvalue weighted by Crippen LogP contribution is 2.34. The van der Waals surface area contributed by atoms with Gasteiger partial charge in [-0.25, -0.2) is 0 Å². The molecule has 0 radical (unpaired) electrons. The molecule has 1 aromatic carbocycles. The molecular formula is C14H12NO3S2-. The van der Waals surface area contributed by atoms with Crippen LogP contribution in [0.5, 0.6) is 0 Å². The first-order chi connectivity index (χ1) is 9.41. The van der Waals surface area contributed by atoms with Gasteiger partial charge in [-0.05, 0) is 31.1 Å². The molecule has 0 bridgehead atoms. The number of carbonyl (C=O) groups excluding carboxylic acids is 2. The van der Waals surface area contributed by atoms with E-state index in [2.05, 4.69) is 0 Å². The van der Waals surface area contributed by atoms with Gasteiger partial charge in [0, 0.05) is 0 Å². The Morgan fingerprint density at radius 1 is 1.45 bits per heavy atom. The van der Waals surface area contributed by atoms with E-state index in [0.29, 0.717) is 4.91 Å². The molecule has 1 amide bonds. The molecule has 0 aliphatic carbocycles. The van der Waals surface area contributed by atoms with Crippen molar-refractivity contribution < 1.29 is 14.7 Å². The van der Waals surface area contributed by atoms with Gasteiger partial charge in [-0.1, -0.05) is 48.2 Å². The van der Waals surface area contributed by atoms with Crippen LogP contribution in [0.2, 0.25) is 0 Å². The summed E-state index contributed by atoms with van der Waals surface area (Å²) in [5.74, 6) is -1.71. The minimum Gasteiger partial charge on any atom is -0.548 e. The largest absolute Gasteiger partial charge is 0.548 e. The van der Waals surface area contributed by atoms with Crippen LogP contribution in [-0.2, 0) is 9.59 Å². The molecule has 4 nitrogen and oxygen atoms in total. The van der Waals surface area contributed by atoms with Crippen LogP contribution >= 0.6 is 24.0 Å². The number of aliphatic carboxylic acids is 1. The minimum atomic E-state index is -1.32. The molecule has 1 heterocycles. The van der Waals surface area contributed by atoms with Crippen molar-refractivity contribution in [1.82, 2.24) is 4.90 Å². The molecule has 1 atom stereocenters. The smallest absolute Gasteiger partial charge is 0.266 e. The van der Waals surface area contributed by atoms with E-state index in [1.54, 1.807) is 6.08 Å². The Labute approximate surface area is 126 Å². The molecule has 0 unspecified atom stereocenters. The van der Waals surface area contributed by atoms with Crippen molar-refractivity contribution in [1.29, 1.82) is 0 Å². The molecule has 0 spiro atoms. The molecule has 104 valence electrons. The van der Waals surface area contributed by atoms with Crippen LogP contribution in [0.15, 0.2) is 29.2 Å². The van der Waals surface area contributed by atoms with Gasteiger partial charge >= 0.3 is 0 Å². The molecule has 1 fully saturated rings. The first-order valence-electron chi connectivity index (χ1n) is 5.95. The summed E-state index contributed by atoms with van der Waals surface area (Å²) in [6.07, 6.45) is 1.73. The van der Waals surface area contributed by atoms with Crippen molar-refractivity contribution >= 4 is 46.3 Å². The lowest BCUT2D eigenvalue weighted by Crippen LogP contribution is -2.48. The molecule has 0 N–H and O–H groups in total. The molecular weight excluding hydrogens is 294 g/mol. The average Bonchev–Trinajstić information content (AvgIpc) is 2.66. The fraction of sp³-hybridized carbons (Fsp3) is 0.214. The van der Waals surface area contributed by atoms with Crippen molar-refractivity contribution in [3.05, 3.63) is 40.3 Å². The summed E-state index contributed by atoms with van der Waals surface area (Å²) in [6, 6.07) is 6.56. The van der Waals surface area contributed by atoms with Gasteiger partial charge in [0.05, 0.1) is 16.9 Å². The third-order valence-corrected chi connectivity index (χ3v) is 4.36. The van der Waals surface area contributed by atoms with Gasteiger partial charge in [0.1, 0.15) is 4.32 Å². The van der Waals surface area contributed by atoms with Gasteiger partial charge in [0.2, 0.25) is 0 Å². The van der Waals surface area contributed by atoms with E-state index in [1.165, 1.54) is 6.92 Å². The number of aryl methyl sites for hydroxylation is 1. The van der Waals surface area contributed by atoms with Crippen LogP contribution in [0.25, 0.3) is 6.08 Å². The fourth-order valence-corrected chi connectivity index (χ4v) is 3.22. The van der Waals surface area contributed by atoms with Crippen molar-refractivity contribution in [2.45, 2.75) is 19.9 Å². The van der Waals surface area contributed by atoms with Crippen molar-refractivity contribution in [2.24, 2.45) is 0 Å². The zero-order chi connectivity index (χ0) is 14.9. The Bertz CT molecular complexity index is 625. The Hall–Kier alpha value is -1.66. The first kappa shape index (κ1) is 14.7. The monoisotopic (exact) mass is 306 g/mol. The van der Waals surface area contributed by atoms with Gasteiger partial charge in [-0.3, -0.25) is 9.69 Å². The summed E-state index contributed by atoms with van der Waals surface area (Å²) in [7, 11) is 0. The summed E-state index contributed by atoms with van der Waals surface area (Å²) >= 11 is 6.18. The second kappa shape index (κ2) is 5.76. The Kier molecular flexibility index (Phi) is 4.25. The maximum absolute atomic E-state index is 12.2. The van der Waals surface area contributed by atoms with Crippen molar-refractivity contribution in [3.8, 4) is 0 Å². The molecule has 20 heavy (non-hydrogen) atoms. The number of hydrogen-bond acceptors (Lipinski definition) is 5. The summed E-state index contributed by atoms with van der Waals surface area (Å²) in [5.41, 5.74) is 1.94. The van der Waals surface area contributed by atoms with E-state index < -0.39 is 12.0 Å². The van der Waals surface area contributed by atoms with Crippen LogP contribution in [0.4, 0.5) is 0 Å². The van der Waals surface area contributed by atoms with Crippen molar-refractivity contribution in [3.63, 3.8) is 0 Å². The van der Waals surface area contributed by atoms with Crippen LogP contribution in [0, 0.1) is 6.92 Å². The summed E-state index contributed by atoms with van der Waals surface area (Å²) in [5, 5.41) is 10.9. The highest BCUT2D eigenvalue weighted by atomic mass is 32.2. The lowest BCUT2D eigenvalue weighted by molar-refractivity contribution is -0.309. The van der Waals surface area contributed by atoms with Gasteiger partial charge in [-0.15, -0.1) is 0 Å². The molecule has 1 aromatic rings. The Morgan fingerprint density at radius 2 is 2.10 bits per heavy atom. The van der Waals surface area contributed by atoms with Gasteiger partial charge in [0.15, 0.2) is 0 Å². The Morgan fingerprint density at radius 3 is 2.70 bits per heavy atom. The quantitative estimate of drug-likeness (QED) is 0.623. The number of thioether (sulfide) groups is 1. The summed E-state index contributed by atoms with van der Waals surface area (Å²) in [4.78, 5) is 24.6. The van der Waals surface area contributed by atoms with E-state index >= 15 is 0 Å². The SMILES string of the molecule is Cc1ccccc1/C=C1/SC(=S)N([C@H](C)C(=O)[O-])C1=O. The molecule has 1 aliphatic rings. The predicted molar refractivity (Wildman–Crippen MR) is 80.7 cm³/mol. The van der Waals surface area contributed by atoms with E-state index in [4.69, 9.17) is 12.2 Å². The van der Waals surface area contributed by atoms with E-state index in [0.717, 1.165) is 27.8 Å². The highest BCUT2D eigenvalue weighted by Gasteiger charge is 2.35. The predicted octanol–water partition coefficient (Wildman–Crippen LogP) is 1.33. The van der Waals surface area contributed by atoms with Crippen LogP contribution < -0.4 is 5.11 Å². The minimum absolute atomic E-state index is 0.242. The number of amides is 1. The molecule has 0 aromatic heterocycles. The zero-order valence-electron chi connectivity index (χ0n) is 11.0. The first-order valence-corrected chi connectivity index (χ1v) is 7.18. The van der Waals surface area contributed by atoms with Gasteiger partial charge in [0.25, 0.3) is 5.91 Å². The van der Waals surface area contributed by atoms with Gasteiger partial charge in [-0.2, -0.15) is 0 Å². The maximum Gasteiger partial charge on any atom is 0.266 e. The van der Waals surface area contributed by atoms with E-state index in [-0.39, 0.29) is 10.2 Å². The number of carboxylic acids is 1. The van der Waals surface area contributed by atoms with Crippen LogP contribution in [0.1, 0.15) is 18.1 Å². The molecule has 1 saturated heterocycles. The second-order valence-electron chi connectivity index (χ2n) is 4.40. The normalized spacial score (nSPS) is 18.7. The molecule has 1 aliphatic heterocycles. The Balaban J connectivity index is 2.33. The number of rotatable bonds is 3. The zero-order valence-corrected chi connectivity index (χ0v) is 12.6. The standard InChI is InChI=1S/C14H13NO3S2/c1-8-5-3-4-6-10(8)7-11-12(16)15(14(19)20-11)9(2)13(17)18/h3-7,9H,1-2H3,(H,17,18)/p-1/b11-7+/t9-/m1/s1. The molecule has 0 saturated carbocycles. The number of benzene rings is 1. The molecule has 6 heteroatoms. The van der Waals surface area contributed by atoms with E-state index in [9.17, 15) is 14.7 Å². The molecule has 2 rings (SSSR count). The van der Waals surface area contributed by atoms with E-state index in [1.807, 2.05) is 31.2 Å². The number of nitrogens with zero attached hydrogens (tertiary/aromatic N) is 1. The lowest BCUT2D eigenvalue weighted by atomic mass is 10.1. The lowest BCUT2D eigenvalue weighted by Gasteiger charge is -2.23. The van der Waals surface area contributed by atoms with Gasteiger partial charge < -0.3 is 9.90 Å². The third-order valence-electron chi connectivity index (χ3n) is 3.03. The number of thiocarbonyl (C=S) groups is 1. The number of carboxylic acid groups (broad SMARTS) is 1. The highest BCUT2D eigenvalue weighted by molar-refractivity contribution is 8.26. The maximum atomic E-state index is 12.2. The summed E-state index contributed by atoms with van der Waals surface area (Å²) < 4.78 is 0.242. The third kappa shape index (κ3) is 2.76. The topological polar surface area (TPSA) is 60.4 Å². The summed E-state index contributed by atoms with van der Waals surface area (Å²) in [6.45, 7) is 3.33. The second-order valence-corrected chi connectivity index (χ2v) is 6.08.